The fraction of sp³-hybridized carbons (Fsp3) is 0.488. The molecule has 358 valence electrons. The Kier molecular flexibility index (Phi) is 24.3. The molecule has 0 saturated heterocycles. The van der Waals surface area contributed by atoms with Gasteiger partial charge in [-0.05, 0) is 48.4 Å². The van der Waals surface area contributed by atoms with Crippen molar-refractivity contribution in [2.45, 2.75) is 13.3 Å². The minimum absolute atomic E-state index is 0.0236. The first-order valence-corrected chi connectivity index (χ1v) is 20.3. The smallest absolute Gasteiger partial charge is 0.317 e. The number of carbonyl (C=O) groups excluding carboxylic acids is 2. The Balaban J connectivity index is 1.95. The predicted octanol–water partition coefficient (Wildman–Crippen LogP) is -1.42. The number of benzene rings is 2. The highest BCUT2D eigenvalue weighted by Gasteiger charge is 2.21. The lowest BCUT2D eigenvalue weighted by molar-refractivity contribution is -0.143. The topological polar surface area (TPSA) is 339 Å². The van der Waals surface area contributed by atoms with Gasteiger partial charge in [0.1, 0.15) is 0 Å². The molecule has 2 aromatic rings. The van der Waals surface area contributed by atoms with Gasteiger partial charge in [-0.1, -0.05) is 31.2 Å². The number of hydrogen-bond donors (Lipinski definition) is 9. The number of carbonyl (C=O) groups is 9. The Morgan fingerprint density at radius 3 is 0.862 bits per heavy atom. The molecule has 24 heteroatoms. The number of amides is 2. The minimum Gasteiger partial charge on any atom is -0.480 e. The lowest BCUT2D eigenvalue weighted by Crippen LogP contribution is -2.46. The Morgan fingerprint density at radius 2 is 0.585 bits per heavy atom. The van der Waals surface area contributed by atoms with E-state index in [1.165, 1.54) is 14.7 Å². The van der Waals surface area contributed by atoms with Gasteiger partial charge in [-0.15, -0.1) is 0 Å². The van der Waals surface area contributed by atoms with Crippen molar-refractivity contribution < 1.29 is 78.9 Å². The third-order valence-electron chi connectivity index (χ3n) is 9.51. The molecule has 2 amide bonds. The van der Waals surface area contributed by atoms with Crippen LogP contribution in [-0.4, -0.2) is 237 Å². The summed E-state index contributed by atoms with van der Waals surface area (Å²) < 4.78 is 0. The van der Waals surface area contributed by atoms with E-state index in [9.17, 15) is 63.6 Å². The molecule has 0 radical (unpaired) electrons. The summed E-state index contributed by atoms with van der Waals surface area (Å²) in [5.74, 6) is -9.34. The predicted molar refractivity (Wildman–Crippen MR) is 231 cm³/mol. The van der Waals surface area contributed by atoms with Crippen molar-refractivity contribution in [2.75, 3.05) is 128 Å². The van der Waals surface area contributed by atoms with E-state index in [1.807, 2.05) is 0 Å². The van der Waals surface area contributed by atoms with Crippen molar-refractivity contribution in [3.8, 4) is 0 Å². The number of nitrogens with one attached hydrogen (secondary N) is 2. The number of hydrogen-bond acceptors (Lipinski definition) is 15. The molecule has 0 aromatic heterocycles. The van der Waals surface area contributed by atoms with Crippen LogP contribution in [0.4, 0.5) is 11.4 Å². The second kappa shape index (κ2) is 29.0. The Hall–Kier alpha value is -6.57. The molecular weight excluding hydrogens is 860 g/mol. The summed E-state index contributed by atoms with van der Waals surface area (Å²) in [5, 5.41) is 70.3. The number of aliphatic carboxylic acids is 7. The molecule has 0 heterocycles. The van der Waals surface area contributed by atoms with E-state index in [2.05, 4.69) is 10.6 Å². The van der Waals surface area contributed by atoms with Crippen LogP contribution in [0.25, 0.3) is 0 Å². The third kappa shape index (κ3) is 25.4. The monoisotopic (exact) mass is 918 g/mol. The molecule has 2 rings (SSSR count). The number of anilines is 2. The molecule has 65 heavy (non-hydrogen) atoms. The molecule has 9 N–H and O–H groups in total. The van der Waals surface area contributed by atoms with Crippen LogP contribution < -0.4 is 10.6 Å². The van der Waals surface area contributed by atoms with Crippen molar-refractivity contribution in [1.29, 1.82) is 0 Å². The van der Waals surface area contributed by atoms with Gasteiger partial charge in [0.2, 0.25) is 11.8 Å². The van der Waals surface area contributed by atoms with Gasteiger partial charge in [-0.25, -0.2) is 0 Å². The van der Waals surface area contributed by atoms with Gasteiger partial charge in [0.25, 0.3) is 0 Å². The molecule has 2 aromatic carbocycles. The molecule has 0 bridgehead atoms. The summed E-state index contributed by atoms with van der Waals surface area (Å²) >= 11 is 0. The largest absolute Gasteiger partial charge is 0.480 e. The van der Waals surface area contributed by atoms with E-state index in [0.29, 0.717) is 24.3 Å². The van der Waals surface area contributed by atoms with Crippen molar-refractivity contribution >= 4 is 65.0 Å². The summed E-state index contributed by atoms with van der Waals surface area (Å²) in [7, 11) is 0. The van der Waals surface area contributed by atoms with Crippen LogP contribution >= 0.6 is 0 Å². The minimum atomic E-state index is -1.27. The average Bonchev–Trinajstić information content (AvgIpc) is 3.19. The molecule has 0 saturated carbocycles. The van der Waals surface area contributed by atoms with E-state index in [0.717, 1.165) is 16.0 Å². The molecule has 0 aliphatic carbocycles. The van der Waals surface area contributed by atoms with Gasteiger partial charge in [-0.3, -0.25) is 72.6 Å². The number of rotatable bonds is 35. The summed E-state index contributed by atoms with van der Waals surface area (Å²) in [6.45, 7) is -1.26. The van der Waals surface area contributed by atoms with Gasteiger partial charge in [-0.2, -0.15) is 0 Å². The maximum atomic E-state index is 12.9. The lowest BCUT2D eigenvalue weighted by atomic mass is 10.0. The zero-order chi connectivity index (χ0) is 48.5. The van der Waals surface area contributed by atoms with Crippen LogP contribution in [0.5, 0.6) is 0 Å². The lowest BCUT2D eigenvalue weighted by Gasteiger charge is -2.27. The van der Waals surface area contributed by atoms with Crippen molar-refractivity contribution in [1.82, 2.24) is 29.4 Å². The van der Waals surface area contributed by atoms with Crippen LogP contribution in [0.2, 0.25) is 0 Å². The van der Waals surface area contributed by atoms with Gasteiger partial charge >= 0.3 is 41.8 Å². The van der Waals surface area contributed by atoms with Gasteiger partial charge < -0.3 is 46.4 Å². The summed E-state index contributed by atoms with van der Waals surface area (Å²) in [6, 6.07) is 13.8. The molecule has 0 atom stereocenters. The highest BCUT2D eigenvalue weighted by molar-refractivity contribution is 5.93. The Labute approximate surface area is 374 Å². The molecule has 24 nitrogen and oxygen atoms in total. The molecule has 0 spiro atoms. The van der Waals surface area contributed by atoms with Gasteiger partial charge in [0.15, 0.2) is 0 Å². The number of carboxylic acids is 7. The van der Waals surface area contributed by atoms with E-state index >= 15 is 0 Å². The fourth-order valence-electron chi connectivity index (χ4n) is 6.46. The standard InChI is InChI=1S/C41H58N8O16/c1-2-44(22-35(52)53)11-12-45(23-36(54)55)13-16-47(25-38(58)59)20-33(50)42-31-7-3-29(4-8-31)19-30-5-9-32(10-6-30)43-34(51)21-48(26-39(60)61)17-14-46(24-37(56)57)15-18-49(27-40(62)63)28-41(64)65/h3-10H,2,11-28H2,1H3,(H,42,50)(H,43,51)(H,52,53)(H,54,55)(H,56,57)(H,58,59)(H,60,61)(H,62,63)(H,64,65). The maximum absolute atomic E-state index is 12.9. The van der Waals surface area contributed by atoms with Crippen LogP contribution in [-0.2, 0) is 49.6 Å². The highest BCUT2D eigenvalue weighted by Crippen LogP contribution is 2.16. The summed E-state index contributed by atoms with van der Waals surface area (Å²) in [4.78, 5) is 114. The maximum Gasteiger partial charge on any atom is 0.317 e. The van der Waals surface area contributed by atoms with Crippen molar-refractivity contribution in [3.05, 3.63) is 59.7 Å². The SMILES string of the molecule is CCN(CCN(CCN(CC(=O)O)CC(=O)Nc1ccc(Cc2ccc(NC(=O)CN(CCN(CCN(CC(=O)O)CC(=O)O)CC(=O)O)CC(=O)O)cc2)cc1)CC(=O)O)CC(=O)O. The first-order valence-electron chi connectivity index (χ1n) is 20.3. The summed E-state index contributed by atoms with van der Waals surface area (Å²) in [6.07, 6.45) is 0.470. The normalized spacial score (nSPS) is 11.4. The van der Waals surface area contributed by atoms with Gasteiger partial charge in [0.05, 0.1) is 58.9 Å². The Bertz CT molecular complexity index is 1900. The van der Waals surface area contributed by atoms with Crippen LogP contribution in [0, 0.1) is 0 Å². The van der Waals surface area contributed by atoms with E-state index in [4.69, 9.17) is 15.3 Å². The van der Waals surface area contributed by atoms with E-state index in [1.54, 1.807) is 65.3 Å². The van der Waals surface area contributed by atoms with Crippen LogP contribution in [0.1, 0.15) is 18.1 Å². The zero-order valence-corrected chi connectivity index (χ0v) is 36.0. The van der Waals surface area contributed by atoms with Crippen LogP contribution in [0.15, 0.2) is 48.5 Å². The first kappa shape index (κ1) is 54.6. The number of nitrogens with zero attached hydrogens (tertiary/aromatic N) is 6. The number of carboxylic acid groups (broad SMARTS) is 7. The third-order valence-corrected chi connectivity index (χ3v) is 9.51. The van der Waals surface area contributed by atoms with Crippen LogP contribution in [0.3, 0.4) is 0 Å². The quantitative estimate of drug-likeness (QED) is 0.0383. The van der Waals surface area contributed by atoms with Gasteiger partial charge in [0, 0.05) is 63.7 Å². The fourth-order valence-corrected chi connectivity index (χ4v) is 6.46. The first-order chi connectivity index (χ1) is 30.7. The Morgan fingerprint density at radius 1 is 0.354 bits per heavy atom. The van der Waals surface area contributed by atoms with E-state index < -0.39 is 86.3 Å². The second-order valence-corrected chi connectivity index (χ2v) is 15.0. The number of likely N-dealkylation sites (N-methyl/N-ethyl adjacent to an activating group) is 1. The molecule has 0 aliphatic heterocycles. The zero-order valence-electron chi connectivity index (χ0n) is 36.0. The molecular formula is C41H58N8O16. The van der Waals surface area contributed by atoms with Crippen molar-refractivity contribution in [3.63, 3.8) is 0 Å². The second-order valence-electron chi connectivity index (χ2n) is 15.0. The molecule has 0 fully saturated rings. The summed E-state index contributed by atoms with van der Waals surface area (Å²) in [5.41, 5.74) is 2.60. The highest BCUT2D eigenvalue weighted by atomic mass is 16.4. The molecule has 0 aliphatic rings. The van der Waals surface area contributed by atoms with Crippen molar-refractivity contribution in [2.24, 2.45) is 0 Å². The average molecular weight is 919 g/mol. The van der Waals surface area contributed by atoms with E-state index in [-0.39, 0.29) is 78.5 Å². The molecule has 0 unspecified atom stereocenters.